The molecule has 4 rings (SSSR count). The highest BCUT2D eigenvalue weighted by molar-refractivity contribution is 5.93. The molecule has 0 unspecified atom stereocenters. The van der Waals surface area contributed by atoms with E-state index < -0.39 is 0 Å². The summed E-state index contributed by atoms with van der Waals surface area (Å²) in [7, 11) is 0. The van der Waals surface area contributed by atoms with E-state index in [4.69, 9.17) is 9.97 Å². The number of allylic oxidation sites excluding steroid dienone is 2. The molecule has 0 aliphatic rings. The fourth-order valence-electron chi connectivity index (χ4n) is 4.37. The summed E-state index contributed by atoms with van der Waals surface area (Å²) in [5, 5.41) is 0. The fourth-order valence-corrected chi connectivity index (χ4v) is 4.37. The standard InChI is InChI=1S/C32H32N2/c1-21(2)17-25-11-13-27(29(19-25)31-23(5)9-7-15-33-31)28-14-12-26(18-22(3)4)20-30(28)32-24(6)10-8-16-34-32/h7-20H,1-6H3. The zero-order valence-corrected chi connectivity index (χ0v) is 21.0. The summed E-state index contributed by atoms with van der Waals surface area (Å²) in [6.45, 7) is 12.8. The molecule has 2 heteroatoms. The summed E-state index contributed by atoms with van der Waals surface area (Å²) in [6.07, 6.45) is 8.18. The van der Waals surface area contributed by atoms with E-state index in [0.717, 1.165) is 44.8 Å². The molecule has 0 radical (unpaired) electrons. The lowest BCUT2D eigenvalue weighted by molar-refractivity contribution is 1.26. The van der Waals surface area contributed by atoms with Gasteiger partial charge in [-0.2, -0.15) is 0 Å². The number of pyridine rings is 2. The van der Waals surface area contributed by atoms with E-state index in [-0.39, 0.29) is 0 Å². The summed E-state index contributed by atoms with van der Waals surface area (Å²) in [6, 6.07) is 21.6. The van der Waals surface area contributed by atoms with Crippen LogP contribution in [0, 0.1) is 13.8 Å². The van der Waals surface area contributed by atoms with Gasteiger partial charge in [-0.3, -0.25) is 9.97 Å². The maximum Gasteiger partial charge on any atom is 0.0737 e. The van der Waals surface area contributed by atoms with E-state index >= 15 is 0 Å². The summed E-state index contributed by atoms with van der Waals surface area (Å²) in [5.74, 6) is 0. The molecule has 4 aromatic rings. The number of aryl methyl sites for hydroxylation is 2. The molecule has 2 heterocycles. The van der Waals surface area contributed by atoms with Crippen LogP contribution >= 0.6 is 0 Å². The van der Waals surface area contributed by atoms with Gasteiger partial charge in [0.2, 0.25) is 0 Å². The van der Waals surface area contributed by atoms with Gasteiger partial charge in [-0.1, -0.05) is 59.7 Å². The van der Waals surface area contributed by atoms with Crippen LogP contribution in [0.2, 0.25) is 0 Å². The van der Waals surface area contributed by atoms with Crippen molar-refractivity contribution in [3.05, 3.63) is 106 Å². The highest BCUT2D eigenvalue weighted by atomic mass is 14.7. The molecule has 0 saturated carbocycles. The van der Waals surface area contributed by atoms with Crippen molar-refractivity contribution in [1.82, 2.24) is 9.97 Å². The molecule has 0 spiro atoms. The Hall–Kier alpha value is -3.78. The van der Waals surface area contributed by atoms with Gasteiger partial charge >= 0.3 is 0 Å². The second-order valence-corrected chi connectivity index (χ2v) is 9.39. The maximum absolute atomic E-state index is 4.79. The lowest BCUT2D eigenvalue weighted by atomic mass is 9.88. The number of aromatic nitrogens is 2. The number of hydrogen-bond acceptors (Lipinski definition) is 2. The van der Waals surface area contributed by atoms with Crippen LogP contribution in [0.5, 0.6) is 0 Å². The van der Waals surface area contributed by atoms with Crippen LogP contribution in [0.15, 0.2) is 84.2 Å². The first kappa shape index (κ1) is 23.4. The van der Waals surface area contributed by atoms with Gasteiger partial charge in [-0.05, 0) is 99.2 Å². The maximum atomic E-state index is 4.79. The van der Waals surface area contributed by atoms with Crippen molar-refractivity contribution >= 4 is 12.2 Å². The third-order valence-electron chi connectivity index (χ3n) is 5.82. The number of benzene rings is 2. The smallest absolute Gasteiger partial charge is 0.0737 e. The Kier molecular flexibility index (Phi) is 6.88. The zero-order chi connectivity index (χ0) is 24.2. The van der Waals surface area contributed by atoms with Gasteiger partial charge in [0.05, 0.1) is 11.4 Å². The van der Waals surface area contributed by atoms with Gasteiger partial charge in [0.15, 0.2) is 0 Å². The summed E-state index contributed by atoms with van der Waals surface area (Å²) < 4.78 is 0. The number of rotatable bonds is 5. The van der Waals surface area contributed by atoms with Crippen LogP contribution in [0.4, 0.5) is 0 Å². The SMILES string of the molecule is CC(C)=Cc1ccc(-c2ccc(C=C(C)C)cc2-c2ncccc2C)c(-c2ncccc2C)c1. The average molecular weight is 445 g/mol. The van der Waals surface area contributed by atoms with E-state index in [0.29, 0.717) is 0 Å². The molecule has 0 aliphatic heterocycles. The monoisotopic (exact) mass is 444 g/mol. The van der Waals surface area contributed by atoms with Crippen LogP contribution < -0.4 is 0 Å². The summed E-state index contributed by atoms with van der Waals surface area (Å²) in [5.41, 5.74) is 13.9. The van der Waals surface area contributed by atoms with Gasteiger partial charge in [0.1, 0.15) is 0 Å². The minimum absolute atomic E-state index is 1.01. The van der Waals surface area contributed by atoms with Crippen molar-refractivity contribution in [3.8, 4) is 33.6 Å². The fraction of sp³-hybridized carbons (Fsp3) is 0.188. The number of hydrogen-bond donors (Lipinski definition) is 0. The molecule has 0 N–H and O–H groups in total. The van der Waals surface area contributed by atoms with Gasteiger partial charge in [-0.15, -0.1) is 0 Å². The van der Waals surface area contributed by atoms with Crippen LogP contribution in [-0.4, -0.2) is 9.97 Å². The van der Waals surface area contributed by atoms with Crippen molar-refractivity contribution in [2.45, 2.75) is 41.5 Å². The minimum atomic E-state index is 1.01. The highest BCUT2D eigenvalue weighted by Gasteiger charge is 2.17. The second-order valence-electron chi connectivity index (χ2n) is 9.39. The molecule has 0 amide bonds. The van der Waals surface area contributed by atoms with Crippen LogP contribution in [0.3, 0.4) is 0 Å². The summed E-state index contributed by atoms with van der Waals surface area (Å²) >= 11 is 0. The van der Waals surface area contributed by atoms with Crippen LogP contribution in [-0.2, 0) is 0 Å². The third kappa shape index (κ3) is 5.07. The quantitative estimate of drug-likeness (QED) is 0.307. The first-order valence-electron chi connectivity index (χ1n) is 11.8. The molecule has 2 aromatic heterocycles. The van der Waals surface area contributed by atoms with E-state index in [1.165, 1.54) is 22.3 Å². The first-order valence-corrected chi connectivity index (χ1v) is 11.8. The van der Waals surface area contributed by atoms with E-state index in [2.05, 4.69) is 102 Å². The molecular weight excluding hydrogens is 412 g/mol. The van der Waals surface area contributed by atoms with Crippen molar-refractivity contribution in [3.63, 3.8) is 0 Å². The predicted octanol–water partition coefficient (Wildman–Crippen LogP) is 8.94. The Labute approximate surface area is 203 Å². The molecule has 0 fully saturated rings. The van der Waals surface area contributed by atoms with E-state index in [1.807, 2.05) is 24.5 Å². The molecule has 34 heavy (non-hydrogen) atoms. The Balaban J connectivity index is 2.04. The van der Waals surface area contributed by atoms with Gasteiger partial charge in [0.25, 0.3) is 0 Å². The van der Waals surface area contributed by atoms with E-state index in [9.17, 15) is 0 Å². The molecular formula is C32H32N2. The molecule has 2 aromatic carbocycles. The highest BCUT2D eigenvalue weighted by Crippen LogP contribution is 2.40. The Morgan fingerprint density at radius 3 is 1.32 bits per heavy atom. The van der Waals surface area contributed by atoms with Gasteiger partial charge in [0, 0.05) is 23.5 Å². The topological polar surface area (TPSA) is 25.8 Å². The molecule has 0 saturated heterocycles. The second kappa shape index (κ2) is 10.0. The largest absolute Gasteiger partial charge is 0.256 e. The normalized spacial score (nSPS) is 10.6. The average Bonchev–Trinajstić information content (AvgIpc) is 2.79. The molecule has 0 aliphatic carbocycles. The predicted molar refractivity (Wildman–Crippen MR) is 146 cm³/mol. The van der Waals surface area contributed by atoms with Gasteiger partial charge < -0.3 is 0 Å². The summed E-state index contributed by atoms with van der Waals surface area (Å²) in [4.78, 5) is 9.57. The zero-order valence-electron chi connectivity index (χ0n) is 21.0. The lowest BCUT2D eigenvalue weighted by Gasteiger charge is -2.17. The molecule has 0 atom stereocenters. The Morgan fingerprint density at radius 1 is 0.559 bits per heavy atom. The minimum Gasteiger partial charge on any atom is -0.256 e. The van der Waals surface area contributed by atoms with Crippen molar-refractivity contribution in [2.24, 2.45) is 0 Å². The molecule has 170 valence electrons. The molecule has 0 bridgehead atoms. The Bertz CT molecular complexity index is 1290. The van der Waals surface area contributed by atoms with Crippen LogP contribution in [0.1, 0.15) is 49.9 Å². The third-order valence-corrected chi connectivity index (χ3v) is 5.82. The molecule has 2 nitrogen and oxygen atoms in total. The van der Waals surface area contributed by atoms with Crippen molar-refractivity contribution < 1.29 is 0 Å². The van der Waals surface area contributed by atoms with Crippen LogP contribution in [0.25, 0.3) is 45.8 Å². The Morgan fingerprint density at radius 2 is 0.971 bits per heavy atom. The number of nitrogens with zero attached hydrogens (tertiary/aromatic N) is 2. The lowest BCUT2D eigenvalue weighted by Crippen LogP contribution is -1.96. The van der Waals surface area contributed by atoms with Gasteiger partial charge in [-0.25, -0.2) is 0 Å². The van der Waals surface area contributed by atoms with Crippen molar-refractivity contribution in [2.75, 3.05) is 0 Å². The van der Waals surface area contributed by atoms with E-state index in [1.54, 1.807) is 0 Å². The first-order chi connectivity index (χ1) is 16.3. The van der Waals surface area contributed by atoms with Crippen molar-refractivity contribution in [1.29, 1.82) is 0 Å².